The third-order valence-corrected chi connectivity index (χ3v) is 5.53. The third kappa shape index (κ3) is 4.93. The molecule has 0 spiro atoms. The summed E-state index contributed by atoms with van der Waals surface area (Å²) in [5.41, 5.74) is 1.61. The molecule has 0 aliphatic carbocycles. The van der Waals surface area contributed by atoms with Gasteiger partial charge in [-0.3, -0.25) is 19.3 Å². The molecule has 2 rings (SSSR count). The molecule has 7 nitrogen and oxygen atoms in total. The number of ether oxygens (including phenoxy) is 2. The summed E-state index contributed by atoms with van der Waals surface area (Å²) >= 11 is 0.835. The molecule has 1 saturated heterocycles. The summed E-state index contributed by atoms with van der Waals surface area (Å²) in [5, 5.41) is -0.444. The van der Waals surface area contributed by atoms with E-state index in [0.29, 0.717) is 11.5 Å². The minimum atomic E-state index is -0.463. The lowest BCUT2D eigenvalue weighted by molar-refractivity contribution is -0.138. The Labute approximate surface area is 176 Å². The molecule has 0 bridgehead atoms. The van der Waals surface area contributed by atoms with E-state index in [9.17, 15) is 14.4 Å². The van der Waals surface area contributed by atoms with Gasteiger partial charge in [0.25, 0.3) is 11.1 Å². The molecule has 29 heavy (non-hydrogen) atoms. The van der Waals surface area contributed by atoms with Gasteiger partial charge in [0.1, 0.15) is 6.54 Å². The second-order valence-corrected chi connectivity index (χ2v) is 8.31. The van der Waals surface area contributed by atoms with Crippen molar-refractivity contribution in [3.05, 3.63) is 28.2 Å². The predicted molar refractivity (Wildman–Crippen MR) is 114 cm³/mol. The van der Waals surface area contributed by atoms with E-state index in [1.54, 1.807) is 24.2 Å². The van der Waals surface area contributed by atoms with E-state index in [0.717, 1.165) is 27.8 Å². The molecule has 0 unspecified atom stereocenters. The first kappa shape index (κ1) is 22.8. The molecule has 1 fully saturated rings. The number of carbonyl (C=O) groups is 3. The molecular formula is C21H28N2O5S. The zero-order chi connectivity index (χ0) is 21.9. The van der Waals surface area contributed by atoms with E-state index in [1.165, 1.54) is 7.11 Å². The average Bonchev–Trinajstić information content (AvgIpc) is 2.89. The van der Waals surface area contributed by atoms with E-state index in [2.05, 4.69) is 0 Å². The van der Waals surface area contributed by atoms with Crippen molar-refractivity contribution >= 4 is 34.9 Å². The van der Waals surface area contributed by atoms with Crippen molar-refractivity contribution in [2.75, 3.05) is 20.8 Å². The van der Waals surface area contributed by atoms with Crippen molar-refractivity contribution < 1.29 is 23.9 Å². The molecule has 1 aromatic rings. The van der Waals surface area contributed by atoms with E-state index >= 15 is 0 Å². The monoisotopic (exact) mass is 420 g/mol. The molecule has 158 valence electrons. The van der Waals surface area contributed by atoms with Gasteiger partial charge in [0.15, 0.2) is 11.5 Å². The molecule has 1 aliphatic heterocycles. The van der Waals surface area contributed by atoms with Crippen LogP contribution >= 0.6 is 11.8 Å². The molecule has 3 amide bonds. The number of methoxy groups -OCH3 is 2. The summed E-state index contributed by atoms with van der Waals surface area (Å²) in [4.78, 5) is 40.8. The third-order valence-electron chi connectivity index (χ3n) is 4.63. The van der Waals surface area contributed by atoms with Crippen LogP contribution in [0.5, 0.6) is 11.5 Å². The lowest BCUT2D eigenvalue weighted by Gasteiger charge is -2.31. The van der Waals surface area contributed by atoms with Crippen molar-refractivity contribution in [1.29, 1.82) is 0 Å². The van der Waals surface area contributed by atoms with Gasteiger partial charge < -0.3 is 14.4 Å². The molecule has 0 N–H and O–H groups in total. The van der Waals surface area contributed by atoms with E-state index in [-0.39, 0.29) is 29.4 Å². The molecule has 1 aliphatic rings. The molecule has 0 aromatic heterocycles. The number of amides is 3. The van der Waals surface area contributed by atoms with Crippen molar-refractivity contribution in [2.24, 2.45) is 0 Å². The Balaban J connectivity index is 2.28. The zero-order valence-electron chi connectivity index (χ0n) is 17.9. The Morgan fingerprint density at radius 2 is 1.66 bits per heavy atom. The standard InChI is InChI=1S/C21H28N2O5S/c1-12(2)23(13(3)4)19(24)11-22-20(25)18(29-21(22)26)10-15-9-17(28-7)16(27-6)8-14(15)5/h8-10,12-13H,11H2,1-7H3/b18-10-. The van der Waals surface area contributed by atoms with Crippen LogP contribution in [0.4, 0.5) is 4.79 Å². The Kier molecular flexibility index (Phi) is 7.35. The van der Waals surface area contributed by atoms with Crippen LogP contribution < -0.4 is 9.47 Å². The van der Waals surface area contributed by atoms with Crippen LogP contribution in [0.3, 0.4) is 0 Å². The van der Waals surface area contributed by atoms with Crippen molar-refractivity contribution in [2.45, 2.75) is 46.7 Å². The number of benzene rings is 1. The van der Waals surface area contributed by atoms with Crippen LogP contribution in [0.1, 0.15) is 38.8 Å². The van der Waals surface area contributed by atoms with Crippen LogP contribution in [0.25, 0.3) is 6.08 Å². The first-order chi connectivity index (χ1) is 13.6. The average molecular weight is 421 g/mol. The van der Waals surface area contributed by atoms with E-state index < -0.39 is 11.1 Å². The van der Waals surface area contributed by atoms with Gasteiger partial charge in [-0.15, -0.1) is 0 Å². The number of hydrogen-bond donors (Lipinski definition) is 0. The van der Waals surface area contributed by atoms with Gasteiger partial charge >= 0.3 is 0 Å². The second kappa shape index (κ2) is 9.35. The highest BCUT2D eigenvalue weighted by molar-refractivity contribution is 8.18. The number of hydrogen-bond acceptors (Lipinski definition) is 6. The Bertz CT molecular complexity index is 840. The first-order valence-corrected chi connectivity index (χ1v) is 10.2. The summed E-state index contributed by atoms with van der Waals surface area (Å²) in [5.74, 6) is 0.405. The van der Waals surface area contributed by atoms with Crippen LogP contribution in [0, 0.1) is 6.92 Å². The fourth-order valence-corrected chi connectivity index (χ4v) is 4.15. The number of thioether (sulfide) groups is 1. The van der Waals surface area contributed by atoms with Gasteiger partial charge in [-0.05, 0) is 75.7 Å². The van der Waals surface area contributed by atoms with Gasteiger partial charge in [0.05, 0.1) is 19.1 Å². The fraction of sp³-hybridized carbons (Fsp3) is 0.476. The Morgan fingerprint density at radius 1 is 1.10 bits per heavy atom. The SMILES string of the molecule is COc1cc(C)c(/C=C2\SC(=O)N(CC(=O)N(C(C)C)C(C)C)C2=O)cc1OC. The predicted octanol–water partition coefficient (Wildman–Crippen LogP) is 3.69. The molecule has 1 aromatic carbocycles. The number of carbonyl (C=O) groups excluding carboxylic acids is 3. The molecule has 0 atom stereocenters. The highest BCUT2D eigenvalue weighted by atomic mass is 32.2. The van der Waals surface area contributed by atoms with Crippen molar-refractivity contribution in [3.63, 3.8) is 0 Å². The second-order valence-electron chi connectivity index (χ2n) is 7.32. The minimum absolute atomic E-state index is 0.0209. The summed E-state index contributed by atoms with van der Waals surface area (Å²) in [6.45, 7) is 9.25. The molecule has 0 saturated carbocycles. The number of aryl methyl sites for hydroxylation is 1. The smallest absolute Gasteiger partial charge is 0.294 e. The van der Waals surface area contributed by atoms with Gasteiger partial charge in [-0.1, -0.05) is 0 Å². The Hall–Kier alpha value is -2.48. The highest BCUT2D eigenvalue weighted by Crippen LogP contribution is 2.36. The molecule has 8 heteroatoms. The maximum Gasteiger partial charge on any atom is 0.294 e. The number of rotatable bonds is 7. The van der Waals surface area contributed by atoms with Crippen LogP contribution in [-0.2, 0) is 9.59 Å². The maximum absolute atomic E-state index is 12.8. The molecular weight excluding hydrogens is 392 g/mol. The van der Waals surface area contributed by atoms with Gasteiger partial charge in [-0.2, -0.15) is 0 Å². The number of imide groups is 1. The van der Waals surface area contributed by atoms with Gasteiger partial charge in [0, 0.05) is 12.1 Å². The largest absolute Gasteiger partial charge is 0.493 e. The zero-order valence-corrected chi connectivity index (χ0v) is 18.8. The minimum Gasteiger partial charge on any atom is -0.493 e. The summed E-state index contributed by atoms with van der Waals surface area (Å²) in [7, 11) is 3.09. The van der Waals surface area contributed by atoms with Crippen molar-refractivity contribution in [1.82, 2.24) is 9.80 Å². The van der Waals surface area contributed by atoms with Crippen LogP contribution in [-0.4, -0.2) is 59.7 Å². The quantitative estimate of drug-likeness (QED) is 0.626. The molecule has 1 heterocycles. The lowest BCUT2D eigenvalue weighted by Crippen LogP contribution is -2.48. The Morgan fingerprint density at radius 3 is 2.17 bits per heavy atom. The fourth-order valence-electron chi connectivity index (χ4n) is 3.32. The first-order valence-electron chi connectivity index (χ1n) is 9.39. The number of nitrogens with zero attached hydrogens (tertiary/aromatic N) is 2. The van der Waals surface area contributed by atoms with Crippen LogP contribution in [0.2, 0.25) is 0 Å². The van der Waals surface area contributed by atoms with E-state index in [1.807, 2.05) is 40.7 Å². The van der Waals surface area contributed by atoms with E-state index in [4.69, 9.17) is 9.47 Å². The lowest BCUT2D eigenvalue weighted by atomic mass is 10.1. The maximum atomic E-state index is 12.8. The summed E-state index contributed by atoms with van der Waals surface area (Å²) in [6, 6.07) is 3.52. The normalized spacial score (nSPS) is 15.6. The summed E-state index contributed by atoms with van der Waals surface area (Å²) < 4.78 is 10.6. The molecule has 0 radical (unpaired) electrons. The summed E-state index contributed by atoms with van der Waals surface area (Å²) in [6.07, 6.45) is 1.65. The topological polar surface area (TPSA) is 76.2 Å². The van der Waals surface area contributed by atoms with Crippen molar-refractivity contribution in [3.8, 4) is 11.5 Å². The van der Waals surface area contributed by atoms with Gasteiger partial charge in [-0.25, -0.2) is 0 Å². The van der Waals surface area contributed by atoms with Crippen LogP contribution in [0.15, 0.2) is 17.0 Å². The van der Waals surface area contributed by atoms with Gasteiger partial charge in [0.2, 0.25) is 5.91 Å². The highest BCUT2D eigenvalue weighted by Gasteiger charge is 2.37.